The van der Waals surface area contributed by atoms with Crippen molar-refractivity contribution in [2.24, 2.45) is 0 Å². The third-order valence-corrected chi connectivity index (χ3v) is 7.43. The van der Waals surface area contributed by atoms with Gasteiger partial charge in [0, 0.05) is 29.5 Å². The molecule has 238 valence electrons. The number of piperidine rings is 1. The molecule has 1 aliphatic rings. The highest BCUT2D eigenvalue weighted by Crippen LogP contribution is 2.37. The van der Waals surface area contributed by atoms with Gasteiger partial charge in [-0.3, -0.25) is 14.6 Å². The van der Waals surface area contributed by atoms with Crippen LogP contribution >= 0.6 is 11.6 Å². The Morgan fingerprint density at radius 1 is 1.09 bits per heavy atom. The number of carbonyl (C=O) groups is 2. The number of nitrogens with zero attached hydrogens (tertiary/aromatic N) is 1. The number of rotatable bonds is 7. The minimum absolute atomic E-state index is 0.233. The zero-order valence-corrected chi connectivity index (χ0v) is 25.3. The van der Waals surface area contributed by atoms with Gasteiger partial charge in [0.1, 0.15) is 5.75 Å². The van der Waals surface area contributed by atoms with Crippen molar-refractivity contribution in [3.63, 3.8) is 0 Å². The lowest BCUT2D eigenvalue weighted by Crippen LogP contribution is -2.35. The maximum atomic E-state index is 13.4. The van der Waals surface area contributed by atoms with Gasteiger partial charge < -0.3 is 25.5 Å². The minimum atomic E-state index is -5.08. The van der Waals surface area contributed by atoms with Crippen LogP contribution in [-0.4, -0.2) is 52.3 Å². The fourth-order valence-electron chi connectivity index (χ4n) is 5.10. The van der Waals surface area contributed by atoms with E-state index in [1.165, 1.54) is 12.8 Å². The van der Waals surface area contributed by atoms with Gasteiger partial charge in [0.05, 0.1) is 28.3 Å². The Morgan fingerprint density at radius 2 is 1.76 bits per heavy atom. The SMILES string of the molecule is Cc1cc(C)cc(-c2c(OCCC3CCCCN3)c3cc(C(=O)Nc4ccncc4)c(Cl)cc3[nH]c2=O)c1.O=C(O)C(F)(F)F. The third kappa shape index (κ3) is 8.83. The summed E-state index contributed by atoms with van der Waals surface area (Å²) in [5.41, 5.74) is 4.45. The van der Waals surface area contributed by atoms with Gasteiger partial charge in [-0.1, -0.05) is 47.3 Å². The van der Waals surface area contributed by atoms with Crippen LogP contribution in [0.2, 0.25) is 5.02 Å². The molecule has 4 N–H and O–H groups in total. The van der Waals surface area contributed by atoms with E-state index in [1.807, 2.05) is 26.0 Å². The molecule has 1 amide bonds. The molecule has 0 spiro atoms. The number of carboxylic acids is 1. The molecular weight excluding hydrogens is 613 g/mol. The molecule has 1 atom stereocenters. The molecule has 1 saturated heterocycles. The van der Waals surface area contributed by atoms with Crippen molar-refractivity contribution in [2.75, 3.05) is 18.5 Å². The highest BCUT2D eigenvalue weighted by molar-refractivity contribution is 6.35. The van der Waals surface area contributed by atoms with Gasteiger partial charge in [-0.2, -0.15) is 13.2 Å². The van der Waals surface area contributed by atoms with Gasteiger partial charge in [-0.05, 0) is 69.5 Å². The minimum Gasteiger partial charge on any atom is -0.492 e. The summed E-state index contributed by atoms with van der Waals surface area (Å²) >= 11 is 6.53. The molecule has 1 fully saturated rings. The van der Waals surface area contributed by atoms with E-state index in [4.69, 9.17) is 26.2 Å². The summed E-state index contributed by atoms with van der Waals surface area (Å²) in [6.07, 6.45) is 2.45. The molecule has 45 heavy (non-hydrogen) atoms. The molecule has 0 saturated carbocycles. The van der Waals surface area contributed by atoms with Crippen molar-refractivity contribution in [2.45, 2.75) is 51.7 Å². The summed E-state index contributed by atoms with van der Waals surface area (Å²) in [6, 6.07) is 13.1. The molecule has 0 aliphatic carbocycles. The number of nitrogens with one attached hydrogen (secondary N) is 3. The van der Waals surface area contributed by atoms with Crippen LogP contribution < -0.4 is 20.9 Å². The quantitative estimate of drug-likeness (QED) is 0.177. The smallest absolute Gasteiger partial charge is 0.490 e. The van der Waals surface area contributed by atoms with Gasteiger partial charge >= 0.3 is 12.1 Å². The first kappa shape index (κ1) is 33.5. The van der Waals surface area contributed by atoms with Crippen LogP contribution in [0, 0.1) is 13.8 Å². The van der Waals surface area contributed by atoms with Crippen molar-refractivity contribution >= 4 is 40.1 Å². The van der Waals surface area contributed by atoms with Crippen molar-refractivity contribution in [3.05, 3.63) is 86.9 Å². The number of hydrogen-bond donors (Lipinski definition) is 4. The molecule has 5 rings (SSSR count). The average molecular weight is 645 g/mol. The summed E-state index contributed by atoms with van der Waals surface area (Å²) in [4.78, 5) is 42.5. The topological polar surface area (TPSA) is 133 Å². The van der Waals surface area contributed by atoms with E-state index in [9.17, 15) is 22.8 Å². The number of aromatic nitrogens is 2. The number of alkyl halides is 3. The fourth-order valence-corrected chi connectivity index (χ4v) is 5.35. The number of aliphatic carboxylic acids is 1. The Balaban J connectivity index is 0.000000591. The number of aromatic amines is 1. The summed E-state index contributed by atoms with van der Waals surface area (Å²) in [5, 5.41) is 14.4. The molecule has 9 nitrogen and oxygen atoms in total. The predicted molar refractivity (Wildman–Crippen MR) is 166 cm³/mol. The van der Waals surface area contributed by atoms with E-state index < -0.39 is 12.1 Å². The zero-order chi connectivity index (χ0) is 32.7. The maximum absolute atomic E-state index is 13.4. The summed E-state index contributed by atoms with van der Waals surface area (Å²) in [6.45, 7) is 5.46. The third-order valence-electron chi connectivity index (χ3n) is 7.11. The number of ether oxygens (including phenoxy) is 1. The molecule has 0 radical (unpaired) electrons. The molecule has 13 heteroatoms. The second-order valence-corrected chi connectivity index (χ2v) is 11.1. The average Bonchev–Trinajstić information content (AvgIpc) is 2.97. The van der Waals surface area contributed by atoms with E-state index in [0.717, 1.165) is 36.1 Å². The normalized spacial score (nSPS) is 14.8. The van der Waals surface area contributed by atoms with Crippen molar-refractivity contribution in [1.82, 2.24) is 15.3 Å². The molecule has 1 unspecified atom stereocenters. The standard InChI is InChI=1S/C30H31ClN4O3.C2HF3O2/c1-18-13-19(2)15-20(14-18)27-28(38-12-8-21-5-3-4-9-33-21)24-16-23(25(31)17-26(24)35-30(27)37)29(36)34-22-6-10-32-11-7-22;3-2(4,5)1(6)7/h6-7,10-11,13-17,21,33H,3-5,8-9,12H2,1-2H3,(H,35,37)(H,32,34,36);(H,6,7). The molecule has 3 heterocycles. The second kappa shape index (κ2) is 14.6. The van der Waals surface area contributed by atoms with E-state index in [0.29, 0.717) is 40.6 Å². The number of hydrogen-bond acceptors (Lipinski definition) is 6. The Labute approximate surface area is 261 Å². The second-order valence-electron chi connectivity index (χ2n) is 10.7. The number of anilines is 1. The maximum Gasteiger partial charge on any atom is 0.490 e. The molecule has 2 aromatic heterocycles. The number of carbonyl (C=O) groups excluding carboxylic acids is 1. The Hall–Kier alpha value is -4.42. The summed E-state index contributed by atoms with van der Waals surface area (Å²) < 4.78 is 38.2. The number of aryl methyl sites for hydroxylation is 2. The van der Waals surface area contributed by atoms with Crippen LogP contribution in [0.25, 0.3) is 22.0 Å². The largest absolute Gasteiger partial charge is 0.492 e. The fraction of sp³-hybridized carbons (Fsp3) is 0.312. The van der Waals surface area contributed by atoms with Gasteiger partial charge in [-0.15, -0.1) is 0 Å². The molecule has 4 aromatic rings. The zero-order valence-electron chi connectivity index (χ0n) is 24.6. The highest BCUT2D eigenvalue weighted by atomic mass is 35.5. The highest BCUT2D eigenvalue weighted by Gasteiger charge is 2.38. The lowest BCUT2D eigenvalue weighted by atomic mass is 9.98. The van der Waals surface area contributed by atoms with Crippen LogP contribution in [0.1, 0.15) is 47.2 Å². The van der Waals surface area contributed by atoms with E-state index in [2.05, 4.69) is 26.7 Å². The summed E-state index contributed by atoms with van der Waals surface area (Å²) in [5.74, 6) is -2.66. The van der Waals surface area contributed by atoms with Crippen LogP contribution in [0.3, 0.4) is 0 Å². The number of carboxylic acid groups (broad SMARTS) is 1. The Kier molecular flexibility index (Phi) is 10.8. The van der Waals surface area contributed by atoms with Gasteiger partial charge in [-0.25, -0.2) is 4.79 Å². The van der Waals surface area contributed by atoms with Gasteiger partial charge in [0.25, 0.3) is 11.5 Å². The van der Waals surface area contributed by atoms with Crippen LogP contribution in [0.5, 0.6) is 5.75 Å². The Bertz CT molecular complexity index is 1720. The summed E-state index contributed by atoms with van der Waals surface area (Å²) in [7, 11) is 0. The first-order valence-corrected chi connectivity index (χ1v) is 14.6. The monoisotopic (exact) mass is 644 g/mol. The van der Waals surface area contributed by atoms with E-state index in [1.54, 1.807) is 36.7 Å². The number of benzene rings is 2. The van der Waals surface area contributed by atoms with Crippen LogP contribution in [0.15, 0.2) is 59.7 Å². The number of H-pyrrole nitrogens is 1. The predicted octanol–water partition coefficient (Wildman–Crippen LogP) is 6.66. The van der Waals surface area contributed by atoms with Gasteiger partial charge in [0.2, 0.25) is 0 Å². The van der Waals surface area contributed by atoms with E-state index in [-0.39, 0.29) is 22.1 Å². The molecule has 0 bridgehead atoms. The van der Waals surface area contributed by atoms with Crippen molar-refractivity contribution in [1.29, 1.82) is 0 Å². The Morgan fingerprint density at radius 3 is 2.36 bits per heavy atom. The lowest BCUT2D eigenvalue weighted by Gasteiger charge is -2.24. The molecule has 1 aliphatic heterocycles. The van der Waals surface area contributed by atoms with Gasteiger partial charge in [0.15, 0.2) is 0 Å². The number of pyridine rings is 2. The lowest BCUT2D eigenvalue weighted by molar-refractivity contribution is -0.192. The van der Waals surface area contributed by atoms with Crippen molar-refractivity contribution < 1.29 is 32.6 Å². The first-order chi connectivity index (χ1) is 21.3. The van der Waals surface area contributed by atoms with Crippen LogP contribution in [-0.2, 0) is 4.79 Å². The first-order valence-electron chi connectivity index (χ1n) is 14.2. The molecular formula is C32H32ClF3N4O5. The van der Waals surface area contributed by atoms with E-state index >= 15 is 0 Å². The van der Waals surface area contributed by atoms with Crippen molar-refractivity contribution in [3.8, 4) is 16.9 Å². The molecule has 2 aromatic carbocycles. The van der Waals surface area contributed by atoms with Crippen LogP contribution in [0.4, 0.5) is 18.9 Å². The number of amides is 1. The number of halogens is 4. The number of fused-ring (bicyclic) bond motifs is 1.